The second-order valence-electron chi connectivity index (χ2n) is 6.98. The summed E-state index contributed by atoms with van der Waals surface area (Å²) in [5.74, 6) is 0.697. The van der Waals surface area contributed by atoms with Crippen LogP contribution in [0.3, 0.4) is 0 Å². The highest BCUT2D eigenvalue weighted by atomic mass is 16.5. The zero-order valence-electron chi connectivity index (χ0n) is 12.0. The van der Waals surface area contributed by atoms with Crippen LogP contribution in [0.1, 0.15) is 47.5 Å². The maximum absolute atomic E-state index is 6.10. The molecule has 1 fully saturated rings. The van der Waals surface area contributed by atoms with Crippen molar-refractivity contribution in [3.05, 3.63) is 12.2 Å². The molecule has 2 rings (SSSR count). The summed E-state index contributed by atoms with van der Waals surface area (Å²) >= 11 is 0. The van der Waals surface area contributed by atoms with Crippen LogP contribution in [-0.2, 0) is 4.74 Å². The minimum absolute atomic E-state index is 0.0942. The third-order valence-corrected chi connectivity index (χ3v) is 4.21. The number of nitrogens with zero attached hydrogens (tertiary/aromatic N) is 1. The van der Waals surface area contributed by atoms with Crippen LogP contribution in [0.5, 0.6) is 0 Å². The van der Waals surface area contributed by atoms with Gasteiger partial charge in [0.1, 0.15) is 0 Å². The maximum atomic E-state index is 6.10. The molecule has 0 amide bonds. The van der Waals surface area contributed by atoms with Crippen LogP contribution in [0.25, 0.3) is 0 Å². The van der Waals surface area contributed by atoms with Crippen molar-refractivity contribution in [3.8, 4) is 0 Å². The largest absolute Gasteiger partial charge is 0.369 e. The lowest BCUT2D eigenvalue weighted by Gasteiger charge is -2.39. The lowest BCUT2D eigenvalue weighted by molar-refractivity contribution is -0.0336. The molecule has 2 nitrogen and oxygen atoms in total. The number of hydrogen-bond acceptors (Lipinski definition) is 2. The molecule has 0 aliphatic carbocycles. The van der Waals surface area contributed by atoms with Crippen LogP contribution in [0, 0.1) is 5.92 Å². The molecule has 2 heterocycles. The molecule has 1 spiro atoms. The SMILES string of the molecule is CC(C)C1CC2(CC=CCO2)CN1C(C)(C)C. The van der Waals surface area contributed by atoms with Crippen molar-refractivity contribution in [2.45, 2.75) is 64.6 Å². The van der Waals surface area contributed by atoms with E-state index in [-0.39, 0.29) is 11.1 Å². The monoisotopic (exact) mass is 237 g/mol. The van der Waals surface area contributed by atoms with Gasteiger partial charge in [0.05, 0.1) is 12.2 Å². The molecule has 17 heavy (non-hydrogen) atoms. The summed E-state index contributed by atoms with van der Waals surface area (Å²) in [5.41, 5.74) is 0.333. The van der Waals surface area contributed by atoms with Crippen molar-refractivity contribution in [3.63, 3.8) is 0 Å². The normalized spacial score (nSPS) is 35.1. The van der Waals surface area contributed by atoms with Gasteiger partial charge in [-0.1, -0.05) is 26.0 Å². The summed E-state index contributed by atoms with van der Waals surface area (Å²) in [4.78, 5) is 2.65. The number of rotatable bonds is 1. The van der Waals surface area contributed by atoms with Crippen molar-refractivity contribution in [2.24, 2.45) is 5.92 Å². The van der Waals surface area contributed by atoms with Crippen LogP contribution < -0.4 is 0 Å². The van der Waals surface area contributed by atoms with Crippen LogP contribution in [0.4, 0.5) is 0 Å². The molecule has 0 N–H and O–H groups in total. The Morgan fingerprint density at radius 2 is 2.00 bits per heavy atom. The predicted octanol–water partition coefficient (Wildman–Crippen LogP) is 3.23. The van der Waals surface area contributed by atoms with Crippen molar-refractivity contribution < 1.29 is 4.74 Å². The highest BCUT2D eigenvalue weighted by Crippen LogP contribution is 2.41. The van der Waals surface area contributed by atoms with E-state index in [2.05, 4.69) is 51.7 Å². The first-order valence-electron chi connectivity index (χ1n) is 6.90. The van der Waals surface area contributed by atoms with Gasteiger partial charge >= 0.3 is 0 Å². The van der Waals surface area contributed by atoms with E-state index in [0.717, 1.165) is 19.6 Å². The van der Waals surface area contributed by atoms with E-state index in [1.807, 2.05) is 0 Å². The summed E-state index contributed by atoms with van der Waals surface area (Å²) in [6.45, 7) is 13.5. The van der Waals surface area contributed by atoms with E-state index in [0.29, 0.717) is 12.0 Å². The summed E-state index contributed by atoms with van der Waals surface area (Å²) in [7, 11) is 0. The van der Waals surface area contributed by atoms with Gasteiger partial charge < -0.3 is 4.74 Å². The minimum atomic E-state index is 0.0942. The van der Waals surface area contributed by atoms with Crippen LogP contribution >= 0.6 is 0 Å². The van der Waals surface area contributed by atoms with E-state index in [1.54, 1.807) is 0 Å². The first-order valence-corrected chi connectivity index (χ1v) is 6.90. The molecule has 2 aliphatic heterocycles. The zero-order valence-corrected chi connectivity index (χ0v) is 12.0. The number of ether oxygens (including phenoxy) is 1. The summed E-state index contributed by atoms with van der Waals surface area (Å²) in [6.07, 6.45) is 6.72. The molecule has 98 valence electrons. The first kappa shape index (κ1) is 13.1. The zero-order chi connectivity index (χ0) is 12.7. The fourth-order valence-electron chi connectivity index (χ4n) is 3.22. The van der Waals surface area contributed by atoms with Gasteiger partial charge in [0, 0.05) is 18.1 Å². The molecule has 0 aromatic carbocycles. The average Bonchev–Trinajstić information content (AvgIpc) is 2.59. The van der Waals surface area contributed by atoms with Crippen LogP contribution in [0.15, 0.2) is 12.2 Å². The molecular formula is C15H27NO. The Morgan fingerprint density at radius 1 is 1.29 bits per heavy atom. The lowest BCUT2D eigenvalue weighted by Crippen LogP contribution is -2.48. The molecular weight excluding hydrogens is 210 g/mol. The number of likely N-dealkylation sites (tertiary alicyclic amines) is 1. The van der Waals surface area contributed by atoms with Gasteiger partial charge in [-0.2, -0.15) is 0 Å². The highest BCUT2D eigenvalue weighted by molar-refractivity contribution is 5.08. The summed E-state index contributed by atoms with van der Waals surface area (Å²) in [6, 6.07) is 0.654. The smallest absolute Gasteiger partial charge is 0.0862 e. The molecule has 0 bridgehead atoms. The quantitative estimate of drug-likeness (QED) is 0.649. The third-order valence-electron chi connectivity index (χ3n) is 4.21. The van der Waals surface area contributed by atoms with E-state index in [9.17, 15) is 0 Å². The third kappa shape index (κ3) is 2.58. The van der Waals surface area contributed by atoms with E-state index >= 15 is 0 Å². The number of hydrogen-bond donors (Lipinski definition) is 0. The lowest BCUT2D eigenvalue weighted by atomic mass is 9.90. The fraction of sp³-hybridized carbons (Fsp3) is 0.867. The average molecular weight is 237 g/mol. The van der Waals surface area contributed by atoms with E-state index in [1.165, 1.54) is 6.42 Å². The van der Waals surface area contributed by atoms with Crippen molar-refractivity contribution >= 4 is 0 Å². The van der Waals surface area contributed by atoms with Gasteiger partial charge in [-0.15, -0.1) is 0 Å². The molecule has 2 heteroatoms. The molecule has 0 radical (unpaired) electrons. The topological polar surface area (TPSA) is 12.5 Å². The Bertz CT molecular complexity index is 303. The Labute approximate surface area is 106 Å². The molecule has 0 aromatic heterocycles. The first-order chi connectivity index (χ1) is 7.84. The van der Waals surface area contributed by atoms with E-state index < -0.39 is 0 Å². The van der Waals surface area contributed by atoms with Gasteiger partial charge in [-0.3, -0.25) is 4.90 Å². The Hall–Kier alpha value is -0.340. The fourth-order valence-corrected chi connectivity index (χ4v) is 3.22. The second kappa shape index (κ2) is 4.40. The highest BCUT2D eigenvalue weighted by Gasteiger charge is 2.48. The Kier molecular flexibility index (Phi) is 3.39. The molecule has 2 unspecified atom stereocenters. The summed E-state index contributed by atoms with van der Waals surface area (Å²) in [5, 5.41) is 0. The van der Waals surface area contributed by atoms with Gasteiger partial charge in [0.15, 0.2) is 0 Å². The van der Waals surface area contributed by atoms with Crippen LogP contribution in [-0.4, -0.2) is 35.2 Å². The summed E-state index contributed by atoms with van der Waals surface area (Å²) < 4.78 is 6.10. The Balaban J connectivity index is 2.19. The predicted molar refractivity (Wildman–Crippen MR) is 72.1 cm³/mol. The van der Waals surface area contributed by atoms with Crippen molar-refractivity contribution in [1.29, 1.82) is 0 Å². The Morgan fingerprint density at radius 3 is 2.41 bits per heavy atom. The maximum Gasteiger partial charge on any atom is 0.0862 e. The van der Waals surface area contributed by atoms with Gasteiger partial charge in [-0.05, 0) is 39.5 Å². The van der Waals surface area contributed by atoms with Gasteiger partial charge in [0.2, 0.25) is 0 Å². The van der Waals surface area contributed by atoms with Gasteiger partial charge in [0.25, 0.3) is 0 Å². The molecule has 2 atom stereocenters. The molecule has 0 aromatic rings. The molecule has 1 saturated heterocycles. The molecule has 0 saturated carbocycles. The second-order valence-corrected chi connectivity index (χ2v) is 6.98. The van der Waals surface area contributed by atoms with Gasteiger partial charge in [-0.25, -0.2) is 0 Å². The van der Waals surface area contributed by atoms with Crippen molar-refractivity contribution in [1.82, 2.24) is 4.90 Å². The minimum Gasteiger partial charge on any atom is -0.369 e. The molecule has 2 aliphatic rings. The van der Waals surface area contributed by atoms with E-state index in [4.69, 9.17) is 4.74 Å². The standard InChI is InChI=1S/C15H27NO/c1-12(2)13-10-15(8-6-7-9-17-15)11-16(13)14(3,4)5/h6-7,12-13H,8-11H2,1-5H3. The van der Waals surface area contributed by atoms with Crippen LogP contribution in [0.2, 0.25) is 0 Å². The van der Waals surface area contributed by atoms with Crippen molar-refractivity contribution in [2.75, 3.05) is 13.2 Å².